The lowest BCUT2D eigenvalue weighted by Crippen LogP contribution is -2.00. The van der Waals surface area contributed by atoms with Gasteiger partial charge in [0.25, 0.3) is 0 Å². The van der Waals surface area contributed by atoms with Gasteiger partial charge in [-0.15, -0.1) is 6.42 Å². The van der Waals surface area contributed by atoms with Crippen molar-refractivity contribution in [1.29, 1.82) is 0 Å². The molecule has 1 heterocycles. The summed E-state index contributed by atoms with van der Waals surface area (Å²) >= 11 is 0. The third-order valence-electron chi connectivity index (χ3n) is 4.45. The third-order valence-corrected chi connectivity index (χ3v) is 4.45. The van der Waals surface area contributed by atoms with Crippen LogP contribution in [0.4, 0.5) is 11.5 Å². The molecule has 29 heavy (non-hydrogen) atoms. The van der Waals surface area contributed by atoms with Crippen LogP contribution in [0.1, 0.15) is 11.1 Å². The summed E-state index contributed by atoms with van der Waals surface area (Å²) in [4.78, 5) is 8.78. The van der Waals surface area contributed by atoms with Gasteiger partial charge in [-0.05, 0) is 29.8 Å². The lowest BCUT2D eigenvalue weighted by Gasteiger charge is -2.14. The first kappa shape index (κ1) is 18.3. The highest BCUT2D eigenvalue weighted by Crippen LogP contribution is 2.35. The lowest BCUT2D eigenvalue weighted by atomic mass is 10.2. The summed E-state index contributed by atoms with van der Waals surface area (Å²) in [6, 6.07) is 21.3. The molecule has 1 N–H and O–H groups in total. The quantitative estimate of drug-likeness (QED) is 0.479. The van der Waals surface area contributed by atoms with Crippen molar-refractivity contribution < 1.29 is 9.47 Å². The van der Waals surface area contributed by atoms with Crippen molar-refractivity contribution in [2.45, 2.75) is 6.61 Å². The first-order valence-electron chi connectivity index (χ1n) is 9.10. The molecular weight excluding hydrogens is 362 g/mol. The SMILES string of the molecule is C#Cc1cccc(Nc2ncnc3cc(OCc4ccccc4)c(OC)cc23)c1. The summed E-state index contributed by atoms with van der Waals surface area (Å²) in [6.45, 7) is 0.442. The average molecular weight is 381 g/mol. The maximum atomic E-state index is 5.98. The topological polar surface area (TPSA) is 56.3 Å². The molecule has 0 atom stereocenters. The van der Waals surface area contributed by atoms with E-state index in [1.165, 1.54) is 6.33 Å². The van der Waals surface area contributed by atoms with E-state index in [0.717, 1.165) is 27.7 Å². The highest BCUT2D eigenvalue weighted by molar-refractivity contribution is 5.93. The van der Waals surface area contributed by atoms with E-state index in [9.17, 15) is 0 Å². The number of nitrogens with zero attached hydrogens (tertiary/aromatic N) is 2. The van der Waals surface area contributed by atoms with Crippen LogP contribution in [0.2, 0.25) is 0 Å². The Morgan fingerprint density at radius 3 is 2.62 bits per heavy atom. The second-order valence-corrected chi connectivity index (χ2v) is 6.37. The van der Waals surface area contributed by atoms with Crippen LogP contribution in [0.5, 0.6) is 11.5 Å². The second-order valence-electron chi connectivity index (χ2n) is 6.37. The Kier molecular flexibility index (Phi) is 5.26. The van der Waals surface area contributed by atoms with E-state index >= 15 is 0 Å². The maximum Gasteiger partial charge on any atom is 0.163 e. The fourth-order valence-corrected chi connectivity index (χ4v) is 2.99. The number of hydrogen-bond donors (Lipinski definition) is 1. The minimum absolute atomic E-state index is 0.442. The number of fused-ring (bicyclic) bond motifs is 1. The van der Waals surface area contributed by atoms with Gasteiger partial charge in [0.1, 0.15) is 18.8 Å². The van der Waals surface area contributed by atoms with E-state index in [2.05, 4.69) is 21.2 Å². The van der Waals surface area contributed by atoms with Crippen molar-refractivity contribution in [2.24, 2.45) is 0 Å². The summed E-state index contributed by atoms with van der Waals surface area (Å²) < 4.78 is 11.5. The molecule has 5 nitrogen and oxygen atoms in total. The van der Waals surface area contributed by atoms with E-state index in [-0.39, 0.29) is 0 Å². The number of hydrogen-bond acceptors (Lipinski definition) is 5. The summed E-state index contributed by atoms with van der Waals surface area (Å²) in [6.07, 6.45) is 7.01. The highest BCUT2D eigenvalue weighted by Gasteiger charge is 2.12. The van der Waals surface area contributed by atoms with Crippen LogP contribution < -0.4 is 14.8 Å². The van der Waals surface area contributed by atoms with Gasteiger partial charge in [-0.25, -0.2) is 9.97 Å². The number of benzene rings is 3. The maximum absolute atomic E-state index is 5.98. The third kappa shape index (κ3) is 4.12. The minimum Gasteiger partial charge on any atom is -0.493 e. The molecule has 5 heteroatoms. The molecule has 0 saturated carbocycles. The van der Waals surface area contributed by atoms with E-state index in [1.54, 1.807) is 7.11 Å². The van der Waals surface area contributed by atoms with Crippen LogP contribution in [0.15, 0.2) is 73.1 Å². The molecule has 4 aromatic rings. The Bertz CT molecular complexity index is 1180. The Labute approximate surface area is 169 Å². The number of aromatic nitrogens is 2. The van der Waals surface area contributed by atoms with Gasteiger partial charge in [0.2, 0.25) is 0 Å². The molecule has 0 amide bonds. The normalized spacial score (nSPS) is 10.3. The molecule has 4 rings (SSSR count). The largest absolute Gasteiger partial charge is 0.493 e. The van der Waals surface area contributed by atoms with Gasteiger partial charge in [0.15, 0.2) is 11.5 Å². The van der Waals surface area contributed by atoms with Gasteiger partial charge < -0.3 is 14.8 Å². The van der Waals surface area contributed by atoms with Crippen molar-refractivity contribution in [1.82, 2.24) is 9.97 Å². The average Bonchev–Trinajstić information content (AvgIpc) is 2.78. The smallest absolute Gasteiger partial charge is 0.163 e. The number of nitrogens with one attached hydrogen (secondary N) is 1. The molecule has 0 radical (unpaired) electrons. The first-order valence-corrected chi connectivity index (χ1v) is 9.10. The summed E-state index contributed by atoms with van der Waals surface area (Å²) in [7, 11) is 1.61. The molecule has 0 unspecified atom stereocenters. The number of terminal acetylenes is 1. The van der Waals surface area contributed by atoms with Crippen molar-refractivity contribution >= 4 is 22.4 Å². The molecular formula is C24H19N3O2. The summed E-state index contributed by atoms with van der Waals surface area (Å²) in [5.41, 5.74) is 3.47. The molecule has 0 aliphatic heterocycles. The fourth-order valence-electron chi connectivity index (χ4n) is 2.99. The predicted octanol–water partition coefficient (Wildman–Crippen LogP) is 4.94. The molecule has 142 valence electrons. The van der Waals surface area contributed by atoms with Crippen molar-refractivity contribution in [3.8, 4) is 23.8 Å². The van der Waals surface area contributed by atoms with E-state index in [0.29, 0.717) is 23.9 Å². The summed E-state index contributed by atoms with van der Waals surface area (Å²) in [5, 5.41) is 4.13. The predicted molar refractivity (Wildman–Crippen MR) is 115 cm³/mol. The fraction of sp³-hybridized carbons (Fsp3) is 0.0833. The second kappa shape index (κ2) is 8.32. The van der Waals surface area contributed by atoms with Gasteiger partial charge in [0.05, 0.1) is 12.6 Å². The molecule has 0 bridgehead atoms. The number of rotatable bonds is 6. The van der Waals surface area contributed by atoms with Crippen LogP contribution >= 0.6 is 0 Å². The molecule has 0 fully saturated rings. The Balaban J connectivity index is 1.66. The molecule has 0 aliphatic carbocycles. The number of methoxy groups -OCH3 is 1. The van der Waals surface area contributed by atoms with Crippen LogP contribution in [0.25, 0.3) is 10.9 Å². The van der Waals surface area contributed by atoms with E-state index in [4.69, 9.17) is 15.9 Å². The summed E-state index contributed by atoms with van der Waals surface area (Å²) in [5.74, 6) is 4.54. The Morgan fingerprint density at radius 2 is 1.83 bits per heavy atom. The van der Waals surface area contributed by atoms with Gasteiger partial charge in [0, 0.05) is 22.7 Å². The van der Waals surface area contributed by atoms with Crippen molar-refractivity contribution in [3.05, 3.63) is 84.2 Å². The van der Waals surface area contributed by atoms with Crippen molar-refractivity contribution in [3.63, 3.8) is 0 Å². The van der Waals surface area contributed by atoms with Crippen LogP contribution in [-0.4, -0.2) is 17.1 Å². The minimum atomic E-state index is 0.442. The molecule has 0 saturated heterocycles. The zero-order valence-electron chi connectivity index (χ0n) is 15.9. The Hall–Kier alpha value is -4.04. The monoisotopic (exact) mass is 381 g/mol. The van der Waals surface area contributed by atoms with Crippen LogP contribution in [0, 0.1) is 12.3 Å². The standard InChI is InChI=1S/C24H19N3O2/c1-3-17-10-7-11-19(12-17)27-24-20-13-22(28-2)23(14-21(20)25-16-26-24)29-15-18-8-5-4-6-9-18/h1,4-14,16H,15H2,2H3,(H,25,26,27). The van der Waals surface area contributed by atoms with Gasteiger partial charge in [-0.1, -0.05) is 42.3 Å². The van der Waals surface area contributed by atoms with Gasteiger partial charge in [-0.3, -0.25) is 0 Å². The number of anilines is 2. The zero-order chi connectivity index (χ0) is 20.1. The van der Waals surface area contributed by atoms with Crippen molar-refractivity contribution in [2.75, 3.05) is 12.4 Å². The first-order chi connectivity index (χ1) is 14.3. The molecule has 0 spiro atoms. The molecule has 0 aliphatic rings. The van der Waals surface area contributed by atoms with E-state index < -0.39 is 0 Å². The molecule has 3 aromatic carbocycles. The van der Waals surface area contributed by atoms with Crippen LogP contribution in [0.3, 0.4) is 0 Å². The Morgan fingerprint density at radius 1 is 0.966 bits per heavy atom. The van der Waals surface area contributed by atoms with Gasteiger partial charge in [-0.2, -0.15) is 0 Å². The zero-order valence-corrected chi connectivity index (χ0v) is 15.9. The number of ether oxygens (including phenoxy) is 2. The van der Waals surface area contributed by atoms with E-state index in [1.807, 2.05) is 66.7 Å². The van der Waals surface area contributed by atoms with Crippen LogP contribution in [-0.2, 0) is 6.61 Å². The molecule has 1 aromatic heterocycles. The van der Waals surface area contributed by atoms with Gasteiger partial charge >= 0.3 is 0 Å². The highest BCUT2D eigenvalue weighted by atomic mass is 16.5. The lowest BCUT2D eigenvalue weighted by molar-refractivity contribution is 0.285.